The Hall–Kier alpha value is -1.69. The van der Waals surface area contributed by atoms with E-state index in [1.807, 2.05) is 17.5 Å². The van der Waals surface area contributed by atoms with E-state index in [0.717, 1.165) is 17.7 Å². The van der Waals surface area contributed by atoms with Gasteiger partial charge < -0.3 is 5.32 Å². The van der Waals surface area contributed by atoms with E-state index < -0.39 is 0 Å². The third kappa shape index (κ3) is 4.16. The lowest BCUT2D eigenvalue weighted by atomic mass is 9.97. The second kappa shape index (κ2) is 7.54. The number of nitrogens with zero attached hydrogens (tertiary/aromatic N) is 2. The van der Waals surface area contributed by atoms with Gasteiger partial charge in [-0.3, -0.25) is 9.78 Å². The van der Waals surface area contributed by atoms with E-state index in [1.54, 1.807) is 11.3 Å². The van der Waals surface area contributed by atoms with E-state index in [4.69, 9.17) is 0 Å². The summed E-state index contributed by atoms with van der Waals surface area (Å²) in [5, 5.41) is 13.6. The Balaban J connectivity index is 1.64. The fourth-order valence-corrected chi connectivity index (χ4v) is 3.62. The average molecular weight is 318 g/mol. The highest BCUT2D eigenvalue weighted by atomic mass is 32.1. The van der Waals surface area contributed by atoms with Crippen LogP contribution in [0.3, 0.4) is 0 Å². The maximum atomic E-state index is 12.1. The van der Waals surface area contributed by atoms with E-state index in [0.29, 0.717) is 24.1 Å². The van der Waals surface area contributed by atoms with Crippen LogP contribution in [-0.4, -0.2) is 21.2 Å². The molecule has 2 N–H and O–H groups in total. The van der Waals surface area contributed by atoms with Crippen LogP contribution in [0, 0.1) is 0 Å². The number of H-pyrrole nitrogens is 1. The van der Waals surface area contributed by atoms with Crippen LogP contribution < -0.4 is 10.9 Å². The highest BCUT2D eigenvalue weighted by molar-refractivity contribution is 7.09. The quantitative estimate of drug-likeness (QED) is 0.907. The molecule has 5 nitrogen and oxygen atoms in total. The van der Waals surface area contributed by atoms with Gasteiger partial charge in [0.15, 0.2) is 0 Å². The lowest BCUT2D eigenvalue weighted by Crippen LogP contribution is -2.26. The number of aromatic nitrogens is 3. The van der Waals surface area contributed by atoms with E-state index in [-0.39, 0.29) is 5.56 Å². The second-order valence-electron chi connectivity index (χ2n) is 5.89. The molecule has 2 heterocycles. The highest BCUT2D eigenvalue weighted by Gasteiger charge is 2.13. The first kappa shape index (κ1) is 15.2. The highest BCUT2D eigenvalue weighted by Crippen LogP contribution is 2.19. The number of rotatable bonds is 4. The van der Waals surface area contributed by atoms with Gasteiger partial charge in [-0.2, -0.15) is 0 Å². The van der Waals surface area contributed by atoms with Gasteiger partial charge in [-0.1, -0.05) is 38.2 Å². The average Bonchev–Trinajstić information content (AvgIpc) is 2.98. The van der Waals surface area contributed by atoms with Crippen LogP contribution in [0.1, 0.15) is 55.5 Å². The van der Waals surface area contributed by atoms with Crippen LogP contribution in [0.25, 0.3) is 0 Å². The summed E-state index contributed by atoms with van der Waals surface area (Å²) < 4.78 is 0. The number of nitrogens with one attached hydrogen (secondary N) is 2. The summed E-state index contributed by atoms with van der Waals surface area (Å²) in [5.41, 5.74) is 0.336. The SMILES string of the molecule is O=c1[nH]c(NC2CCCCCCC2)nnc1Cc1cccs1. The maximum Gasteiger partial charge on any atom is 0.274 e. The Morgan fingerprint density at radius 2 is 1.95 bits per heavy atom. The normalized spacial score (nSPS) is 16.9. The molecule has 1 aliphatic rings. The minimum absolute atomic E-state index is 0.142. The minimum atomic E-state index is -0.142. The lowest BCUT2D eigenvalue weighted by molar-refractivity contribution is 0.469. The first-order valence-electron chi connectivity index (χ1n) is 8.06. The Bertz CT molecular complexity index is 630. The van der Waals surface area contributed by atoms with Crippen molar-refractivity contribution < 1.29 is 0 Å². The number of hydrogen-bond donors (Lipinski definition) is 2. The fraction of sp³-hybridized carbons (Fsp3) is 0.562. The van der Waals surface area contributed by atoms with Crippen LogP contribution >= 0.6 is 11.3 Å². The molecule has 118 valence electrons. The molecule has 0 aromatic carbocycles. The molecule has 1 aliphatic carbocycles. The minimum Gasteiger partial charge on any atom is -0.352 e. The summed E-state index contributed by atoms with van der Waals surface area (Å²) in [6, 6.07) is 4.38. The Morgan fingerprint density at radius 1 is 1.18 bits per heavy atom. The molecule has 0 aliphatic heterocycles. The molecule has 0 bridgehead atoms. The molecule has 6 heteroatoms. The summed E-state index contributed by atoms with van der Waals surface area (Å²) in [5.74, 6) is 0.505. The molecule has 2 aromatic heterocycles. The molecule has 0 amide bonds. The Morgan fingerprint density at radius 3 is 2.64 bits per heavy atom. The van der Waals surface area contributed by atoms with Crippen molar-refractivity contribution in [1.82, 2.24) is 15.2 Å². The first-order chi connectivity index (χ1) is 10.8. The van der Waals surface area contributed by atoms with Crippen molar-refractivity contribution in [3.8, 4) is 0 Å². The van der Waals surface area contributed by atoms with Gasteiger partial charge in [-0.25, -0.2) is 0 Å². The molecule has 0 saturated heterocycles. The number of hydrogen-bond acceptors (Lipinski definition) is 5. The van der Waals surface area contributed by atoms with E-state index >= 15 is 0 Å². The molecule has 1 fully saturated rings. The third-order valence-corrected chi connectivity index (χ3v) is 5.01. The third-order valence-electron chi connectivity index (χ3n) is 4.13. The summed E-state index contributed by atoms with van der Waals surface area (Å²) >= 11 is 1.63. The first-order valence-corrected chi connectivity index (χ1v) is 8.94. The Kier molecular flexibility index (Phi) is 5.21. The van der Waals surface area contributed by atoms with Gasteiger partial charge in [0, 0.05) is 17.3 Å². The van der Waals surface area contributed by atoms with Crippen LogP contribution in [-0.2, 0) is 6.42 Å². The molecule has 0 spiro atoms. The van der Waals surface area contributed by atoms with Crippen LogP contribution in [0.4, 0.5) is 5.95 Å². The monoisotopic (exact) mass is 318 g/mol. The van der Waals surface area contributed by atoms with Crippen molar-refractivity contribution in [2.75, 3.05) is 5.32 Å². The predicted molar refractivity (Wildman–Crippen MR) is 89.5 cm³/mol. The van der Waals surface area contributed by atoms with Gasteiger partial charge in [0.2, 0.25) is 5.95 Å². The molecule has 1 saturated carbocycles. The summed E-state index contributed by atoms with van der Waals surface area (Å²) in [6.07, 6.45) is 9.27. The van der Waals surface area contributed by atoms with Crippen molar-refractivity contribution >= 4 is 17.3 Å². The zero-order chi connectivity index (χ0) is 15.2. The van der Waals surface area contributed by atoms with Gasteiger partial charge in [0.1, 0.15) is 5.69 Å². The molecule has 0 unspecified atom stereocenters. The van der Waals surface area contributed by atoms with Crippen LogP contribution in [0.15, 0.2) is 22.3 Å². The molecule has 0 atom stereocenters. The summed E-state index contributed by atoms with van der Waals surface area (Å²) in [4.78, 5) is 16.1. The van der Waals surface area contributed by atoms with E-state index in [9.17, 15) is 4.79 Å². The van der Waals surface area contributed by atoms with Crippen molar-refractivity contribution in [3.05, 3.63) is 38.4 Å². The molecule has 2 aromatic rings. The van der Waals surface area contributed by atoms with Gasteiger partial charge >= 0.3 is 0 Å². The van der Waals surface area contributed by atoms with Gasteiger partial charge in [-0.05, 0) is 24.3 Å². The van der Waals surface area contributed by atoms with Crippen LogP contribution in [0.5, 0.6) is 0 Å². The number of aromatic amines is 1. The topological polar surface area (TPSA) is 70.7 Å². The molecular formula is C16H22N4OS. The molecule has 22 heavy (non-hydrogen) atoms. The zero-order valence-electron chi connectivity index (χ0n) is 12.7. The molecule has 3 rings (SSSR count). The van der Waals surface area contributed by atoms with Gasteiger partial charge in [-0.15, -0.1) is 21.5 Å². The zero-order valence-corrected chi connectivity index (χ0v) is 13.5. The fourth-order valence-electron chi connectivity index (χ4n) is 2.91. The van der Waals surface area contributed by atoms with Crippen molar-refractivity contribution in [2.45, 2.75) is 57.4 Å². The maximum absolute atomic E-state index is 12.1. The van der Waals surface area contributed by atoms with Gasteiger partial charge in [0.05, 0.1) is 0 Å². The summed E-state index contributed by atoms with van der Waals surface area (Å²) in [7, 11) is 0. The van der Waals surface area contributed by atoms with Crippen LogP contribution in [0.2, 0.25) is 0 Å². The number of thiophene rings is 1. The van der Waals surface area contributed by atoms with Gasteiger partial charge in [0.25, 0.3) is 5.56 Å². The lowest BCUT2D eigenvalue weighted by Gasteiger charge is -2.20. The standard InChI is InChI=1S/C16H22N4OS/c21-15-14(11-13-9-6-10-22-13)19-20-16(18-15)17-12-7-4-2-1-3-5-8-12/h6,9-10,12H,1-5,7-8,11H2,(H2,17,18,20,21). The smallest absolute Gasteiger partial charge is 0.274 e. The molecule has 0 radical (unpaired) electrons. The Labute approximate surface area is 134 Å². The predicted octanol–water partition coefficient (Wildman–Crippen LogP) is 3.34. The van der Waals surface area contributed by atoms with E-state index in [2.05, 4.69) is 20.5 Å². The second-order valence-corrected chi connectivity index (χ2v) is 6.92. The van der Waals surface area contributed by atoms with Crippen molar-refractivity contribution in [2.24, 2.45) is 0 Å². The van der Waals surface area contributed by atoms with Crippen molar-refractivity contribution in [1.29, 1.82) is 0 Å². The largest absolute Gasteiger partial charge is 0.352 e. The van der Waals surface area contributed by atoms with Crippen molar-refractivity contribution in [3.63, 3.8) is 0 Å². The van der Waals surface area contributed by atoms with E-state index in [1.165, 1.54) is 32.1 Å². The number of anilines is 1. The summed E-state index contributed by atoms with van der Waals surface area (Å²) in [6.45, 7) is 0. The molecular weight excluding hydrogens is 296 g/mol.